The maximum atomic E-state index is 12.1. The van der Waals surface area contributed by atoms with E-state index in [-0.39, 0.29) is 23.8 Å². The van der Waals surface area contributed by atoms with Crippen molar-refractivity contribution in [3.63, 3.8) is 0 Å². The van der Waals surface area contributed by atoms with Crippen LogP contribution in [0.3, 0.4) is 0 Å². The number of benzene rings is 2. The lowest BCUT2D eigenvalue weighted by atomic mass is 10.2. The number of ether oxygens (including phenoxy) is 1. The highest BCUT2D eigenvalue weighted by molar-refractivity contribution is 8.00. The van der Waals surface area contributed by atoms with Crippen LogP contribution in [0.15, 0.2) is 53.4 Å². The minimum Gasteiger partial charge on any atom is -0.450 e. The van der Waals surface area contributed by atoms with Crippen molar-refractivity contribution in [2.45, 2.75) is 18.7 Å². The molecule has 0 heterocycles. The molecule has 0 aliphatic heterocycles. The van der Waals surface area contributed by atoms with Gasteiger partial charge in [-0.3, -0.25) is 25.8 Å². The maximum absolute atomic E-state index is 12.1. The average molecular weight is 387 g/mol. The van der Waals surface area contributed by atoms with Gasteiger partial charge in [0.1, 0.15) is 0 Å². The molecule has 2 rings (SSSR count). The minimum atomic E-state index is -0.600. The molecule has 0 saturated carbocycles. The first-order chi connectivity index (χ1) is 13.0. The van der Waals surface area contributed by atoms with Gasteiger partial charge in [-0.2, -0.15) is 0 Å². The van der Waals surface area contributed by atoms with E-state index in [9.17, 15) is 14.4 Å². The third-order valence-corrected chi connectivity index (χ3v) is 4.36. The highest BCUT2D eigenvalue weighted by atomic mass is 32.2. The van der Waals surface area contributed by atoms with Gasteiger partial charge in [-0.05, 0) is 44.2 Å². The summed E-state index contributed by atoms with van der Waals surface area (Å²) in [4.78, 5) is 36.4. The summed E-state index contributed by atoms with van der Waals surface area (Å²) >= 11 is 1.37. The number of anilines is 1. The number of carbonyl (C=O) groups excluding carboxylic acids is 3. The van der Waals surface area contributed by atoms with Crippen LogP contribution in [0.2, 0.25) is 0 Å². The lowest BCUT2D eigenvalue weighted by molar-refractivity contribution is -0.119. The molecule has 7 nitrogen and oxygen atoms in total. The molecule has 0 fully saturated rings. The second-order valence-corrected chi connectivity index (χ2v) is 6.58. The molecule has 0 aliphatic rings. The van der Waals surface area contributed by atoms with Gasteiger partial charge in [-0.15, -0.1) is 11.8 Å². The van der Waals surface area contributed by atoms with Crippen LogP contribution in [-0.2, 0) is 9.53 Å². The number of thioether (sulfide) groups is 1. The van der Waals surface area contributed by atoms with Crippen LogP contribution < -0.4 is 16.2 Å². The Morgan fingerprint density at radius 1 is 1.04 bits per heavy atom. The summed E-state index contributed by atoms with van der Waals surface area (Å²) in [7, 11) is 0. The molecule has 0 radical (unpaired) electrons. The standard InChI is InChI=1S/C19H21N3O4S/c1-3-26-19(25)20-15-6-4-5-14(11-15)18(24)22-21-17(23)12-27-16-9-7-13(2)8-10-16/h4-11H,3,12H2,1-2H3,(H,20,25)(H,21,23)(H,22,24). The van der Waals surface area contributed by atoms with Crippen molar-refractivity contribution in [2.75, 3.05) is 17.7 Å². The molecular formula is C19H21N3O4S. The summed E-state index contributed by atoms with van der Waals surface area (Å²) in [6.45, 7) is 3.94. The van der Waals surface area contributed by atoms with Crippen LogP contribution in [0.5, 0.6) is 0 Å². The molecule has 0 spiro atoms. The molecule has 27 heavy (non-hydrogen) atoms. The predicted octanol–water partition coefficient (Wildman–Crippen LogP) is 3.12. The van der Waals surface area contributed by atoms with Gasteiger partial charge in [0.25, 0.3) is 5.91 Å². The van der Waals surface area contributed by atoms with E-state index in [2.05, 4.69) is 16.2 Å². The van der Waals surface area contributed by atoms with Crippen LogP contribution in [0.1, 0.15) is 22.8 Å². The van der Waals surface area contributed by atoms with Crippen molar-refractivity contribution in [2.24, 2.45) is 0 Å². The van der Waals surface area contributed by atoms with Gasteiger partial charge in [0.05, 0.1) is 12.4 Å². The highest BCUT2D eigenvalue weighted by Gasteiger charge is 2.10. The molecule has 3 N–H and O–H groups in total. The van der Waals surface area contributed by atoms with E-state index in [0.29, 0.717) is 5.69 Å². The van der Waals surface area contributed by atoms with E-state index in [4.69, 9.17) is 4.74 Å². The number of hydrogen-bond acceptors (Lipinski definition) is 5. The fourth-order valence-electron chi connectivity index (χ4n) is 2.04. The Morgan fingerprint density at radius 2 is 1.78 bits per heavy atom. The van der Waals surface area contributed by atoms with Gasteiger partial charge in [0, 0.05) is 16.1 Å². The quantitative estimate of drug-likeness (QED) is 0.523. The monoisotopic (exact) mass is 387 g/mol. The fraction of sp³-hybridized carbons (Fsp3) is 0.211. The molecule has 3 amide bonds. The van der Waals surface area contributed by atoms with Crippen molar-refractivity contribution in [3.8, 4) is 0 Å². The summed E-state index contributed by atoms with van der Waals surface area (Å²) < 4.78 is 4.79. The second-order valence-electron chi connectivity index (χ2n) is 5.53. The van der Waals surface area contributed by atoms with Crippen molar-refractivity contribution in [1.29, 1.82) is 0 Å². The van der Waals surface area contributed by atoms with Gasteiger partial charge < -0.3 is 4.74 Å². The van der Waals surface area contributed by atoms with Crippen LogP contribution in [-0.4, -0.2) is 30.3 Å². The molecular weight excluding hydrogens is 366 g/mol. The zero-order valence-electron chi connectivity index (χ0n) is 15.1. The molecule has 0 saturated heterocycles. The topological polar surface area (TPSA) is 96.5 Å². The van der Waals surface area contributed by atoms with Gasteiger partial charge in [0.2, 0.25) is 5.91 Å². The number of nitrogens with one attached hydrogen (secondary N) is 3. The number of amides is 3. The summed E-state index contributed by atoms with van der Waals surface area (Å²) in [6.07, 6.45) is -0.600. The Bertz CT molecular complexity index is 809. The molecule has 2 aromatic carbocycles. The molecule has 142 valence electrons. The molecule has 0 aromatic heterocycles. The fourth-order valence-corrected chi connectivity index (χ4v) is 2.74. The Morgan fingerprint density at radius 3 is 2.48 bits per heavy atom. The van der Waals surface area contributed by atoms with Crippen LogP contribution in [0, 0.1) is 6.92 Å². The maximum Gasteiger partial charge on any atom is 0.411 e. The Kier molecular flexibility index (Phi) is 7.69. The lowest BCUT2D eigenvalue weighted by Crippen LogP contribution is -2.42. The van der Waals surface area contributed by atoms with E-state index in [1.165, 1.54) is 17.8 Å². The number of carbonyl (C=O) groups is 3. The summed E-state index contributed by atoms with van der Waals surface area (Å²) in [5, 5.41) is 2.51. The predicted molar refractivity (Wildman–Crippen MR) is 105 cm³/mol. The average Bonchev–Trinajstić information content (AvgIpc) is 2.66. The van der Waals surface area contributed by atoms with Crippen molar-refractivity contribution in [3.05, 3.63) is 59.7 Å². The zero-order chi connectivity index (χ0) is 19.6. The number of rotatable bonds is 6. The molecule has 0 bridgehead atoms. The Balaban J connectivity index is 1.81. The van der Waals surface area contributed by atoms with Gasteiger partial charge in [-0.1, -0.05) is 23.8 Å². The highest BCUT2D eigenvalue weighted by Crippen LogP contribution is 2.17. The largest absolute Gasteiger partial charge is 0.450 e. The van der Waals surface area contributed by atoms with Crippen LogP contribution in [0.25, 0.3) is 0 Å². The van der Waals surface area contributed by atoms with Gasteiger partial charge in [0.15, 0.2) is 0 Å². The molecule has 0 aliphatic carbocycles. The van der Waals surface area contributed by atoms with Crippen LogP contribution in [0.4, 0.5) is 10.5 Å². The summed E-state index contributed by atoms with van der Waals surface area (Å²) in [5.74, 6) is -0.640. The van der Waals surface area contributed by atoms with Gasteiger partial charge >= 0.3 is 6.09 Å². The normalized spacial score (nSPS) is 10.0. The number of hydrogen-bond donors (Lipinski definition) is 3. The number of aryl methyl sites for hydroxylation is 1. The molecule has 2 aromatic rings. The van der Waals surface area contributed by atoms with E-state index < -0.39 is 12.0 Å². The molecule has 8 heteroatoms. The third kappa shape index (κ3) is 7.02. The zero-order valence-corrected chi connectivity index (χ0v) is 15.9. The first-order valence-corrected chi connectivity index (χ1v) is 9.29. The Labute approximate surface area is 161 Å². The molecule has 0 unspecified atom stereocenters. The van der Waals surface area contributed by atoms with E-state index >= 15 is 0 Å². The van der Waals surface area contributed by atoms with Crippen LogP contribution >= 0.6 is 11.8 Å². The lowest BCUT2D eigenvalue weighted by Gasteiger charge is -2.09. The first-order valence-electron chi connectivity index (χ1n) is 8.30. The van der Waals surface area contributed by atoms with Gasteiger partial charge in [-0.25, -0.2) is 4.79 Å². The SMILES string of the molecule is CCOC(=O)Nc1cccc(C(=O)NNC(=O)CSc2ccc(C)cc2)c1. The van der Waals surface area contributed by atoms with Crippen molar-refractivity contribution < 1.29 is 19.1 Å². The Hall–Kier alpha value is -3.00. The summed E-state index contributed by atoms with van der Waals surface area (Å²) in [6, 6.07) is 14.1. The van der Waals surface area contributed by atoms with E-state index in [1.807, 2.05) is 31.2 Å². The number of hydrazine groups is 1. The van der Waals surface area contributed by atoms with E-state index in [1.54, 1.807) is 25.1 Å². The summed E-state index contributed by atoms with van der Waals surface area (Å²) in [5.41, 5.74) is 6.58. The van der Waals surface area contributed by atoms with Crippen molar-refractivity contribution in [1.82, 2.24) is 10.9 Å². The minimum absolute atomic E-state index is 0.174. The first kappa shape index (κ1) is 20.3. The second kappa shape index (κ2) is 10.2. The molecule has 0 atom stereocenters. The third-order valence-electron chi connectivity index (χ3n) is 3.35. The van der Waals surface area contributed by atoms with E-state index in [0.717, 1.165) is 10.5 Å². The smallest absolute Gasteiger partial charge is 0.411 e. The van der Waals surface area contributed by atoms with Crippen molar-refractivity contribution >= 4 is 35.4 Å².